The maximum atomic E-state index is 4.89. The Morgan fingerprint density at radius 1 is 1.15 bits per heavy atom. The van der Waals surface area contributed by atoms with Crippen molar-refractivity contribution in [1.29, 1.82) is 0 Å². The van der Waals surface area contributed by atoms with Gasteiger partial charge in [-0.3, -0.25) is 0 Å². The van der Waals surface area contributed by atoms with Crippen molar-refractivity contribution in [3.63, 3.8) is 0 Å². The van der Waals surface area contributed by atoms with E-state index in [0.717, 1.165) is 6.54 Å². The second-order valence-corrected chi connectivity index (χ2v) is 2.72. The number of hydrogen-bond acceptors (Lipinski definition) is 3. The van der Waals surface area contributed by atoms with Crippen molar-refractivity contribution in [2.24, 2.45) is 0 Å². The van der Waals surface area contributed by atoms with Gasteiger partial charge in [0.05, 0.1) is 6.20 Å². The molecule has 2 aromatic rings. The van der Waals surface area contributed by atoms with E-state index >= 15 is 0 Å². The molecule has 0 unspecified atom stereocenters. The minimum Gasteiger partial charge on any atom is -0.350 e. The number of anilines is 1. The zero-order valence-electron chi connectivity index (χ0n) is 7.10. The van der Waals surface area contributed by atoms with Crippen molar-refractivity contribution in [1.82, 2.24) is 5.16 Å². The topological polar surface area (TPSA) is 38.1 Å². The first-order chi connectivity index (χ1) is 6.45. The average molecular weight is 174 g/mol. The minimum atomic E-state index is 0.698. The van der Waals surface area contributed by atoms with Crippen LogP contribution in [0.5, 0.6) is 0 Å². The first kappa shape index (κ1) is 7.86. The molecule has 1 aromatic heterocycles. The van der Waals surface area contributed by atoms with Gasteiger partial charge >= 0.3 is 0 Å². The van der Waals surface area contributed by atoms with E-state index in [1.54, 1.807) is 12.3 Å². The van der Waals surface area contributed by atoms with Gasteiger partial charge in [0.2, 0.25) is 5.88 Å². The highest BCUT2D eigenvalue weighted by Crippen LogP contribution is 2.06. The van der Waals surface area contributed by atoms with Crippen molar-refractivity contribution in [3.8, 4) is 0 Å². The fourth-order valence-electron chi connectivity index (χ4n) is 1.09. The summed E-state index contributed by atoms with van der Waals surface area (Å²) >= 11 is 0. The Hall–Kier alpha value is -1.77. The minimum absolute atomic E-state index is 0.698. The van der Waals surface area contributed by atoms with Crippen molar-refractivity contribution >= 4 is 5.88 Å². The normalized spacial score (nSPS) is 9.85. The molecule has 13 heavy (non-hydrogen) atoms. The highest BCUT2D eigenvalue weighted by molar-refractivity contribution is 5.30. The molecule has 0 spiro atoms. The van der Waals surface area contributed by atoms with E-state index < -0.39 is 0 Å². The van der Waals surface area contributed by atoms with E-state index in [-0.39, 0.29) is 0 Å². The molecule has 3 nitrogen and oxygen atoms in total. The van der Waals surface area contributed by atoms with Crippen LogP contribution in [0.1, 0.15) is 5.56 Å². The summed E-state index contributed by atoms with van der Waals surface area (Å²) in [7, 11) is 0. The Kier molecular flexibility index (Phi) is 2.27. The maximum absolute atomic E-state index is 4.89. The summed E-state index contributed by atoms with van der Waals surface area (Å²) in [6.45, 7) is 0.760. The van der Waals surface area contributed by atoms with E-state index in [9.17, 15) is 0 Å². The van der Waals surface area contributed by atoms with Crippen molar-refractivity contribution in [3.05, 3.63) is 48.2 Å². The Labute approximate surface area is 76.4 Å². The molecule has 0 aliphatic carbocycles. The summed E-state index contributed by atoms with van der Waals surface area (Å²) in [5.74, 6) is 0.698. The van der Waals surface area contributed by atoms with E-state index in [4.69, 9.17) is 4.52 Å². The first-order valence-electron chi connectivity index (χ1n) is 4.13. The predicted molar refractivity (Wildman–Crippen MR) is 50.3 cm³/mol. The Morgan fingerprint density at radius 2 is 2.00 bits per heavy atom. The van der Waals surface area contributed by atoms with Gasteiger partial charge in [-0.1, -0.05) is 35.5 Å². The molecule has 0 amide bonds. The molecule has 0 bridgehead atoms. The third-order valence-corrected chi connectivity index (χ3v) is 1.75. The van der Waals surface area contributed by atoms with Gasteiger partial charge in [0.25, 0.3) is 0 Å². The van der Waals surface area contributed by atoms with E-state index in [1.165, 1.54) is 5.56 Å². The third-order valence-electron chi connectivity index (χ3n) is 1.75. The molecule has 1 N–H and O–H groups in total. The van der Waals surface area contributed by atoms with E-state index in [0.29, 0.717) is 5.88 Å². The molecule has 3 heteroatoms. The van der Waals surface area contributed by atoms with Crippen LogP contribution in [0.15, 0.2) is 47.1 Å². The lowest BCUT2D eigenvalue weighted by Crippen LogP contribution is -1.97. The van der Waals surface area contributed by atoms with Crippen LogP contribution in [0, 0.1) is 0 Å². The molecule has 0 saturated heterocycles. The summed E-state index contributed by atoms with van der Waals surface area (Å²) in [5, 5.41) is 6.71. The van der Waals surface area contributed by atoms with Gasteiger partial charge < -0.3 is 9.84 Å². The number of benzene rings is 1. The van der Waals surface area contributed by atoms with Crippen LogP contribution in [-0.2, 0) is 6.54 Å². The maximum Gasteiger partial charge on any atom is 0.224 e. The molecule has 1 aromatic carbocycles. The molecule has 0 aliphatic rings. The van der Waals surface area contributed by atoms with Crippen LogP contribution in [0.25, 0.3) is 0 Å². The summed E-state index contributed by atoms with van der Waals surface area (Å²) in [5.41, 5.74) is 1.22. The Morgan fingerprint density at radius 3 is 2.69 bits per heavy atom. The monoisotopic (exact) mass is 174 g/mol. The average Bonchev–Trinajstić information content (AvgIpc) is 2.69. The second-order valence-electron chi connectivity index (χ2n) is 2.72. The molecule has 0 atom stereocenters. The van der Waals surface area contributed by atoms with E-state index in [2.05, 4.69) is 22.6 Å². The van der Waals surface area contributed by atoms with Crippen molar-refractivity contribution in [2.45, 2.75) is 6.54 Å². The predicted octanol–water partition coefficient (Wildman–Crippen LogP) is 2.29. The smallest absolute Gasteiger partial charge is 0.224 e. The lowest BCUT2D eigenvalue weighted by atomic mass is 10.2. The summed E-state index contributed by atoms with van der Waals surface area (Å²) in [4.78, 5) is 0. The lowest BCUT2D eigenvalue weighted by molar-refractivity contribution is 0.432. The zero-order valence-corrected chi connectivity index (χ0v) is 7.10. The Bertz CT molecular complexity index is 342. The molecule has 66 valence electrons. The highest BCUT2D eigenvalue weighted by atomic mass is 16.5. The fraction of sp³-hybridized carbons (Fsp3) is 0.100. The largest absolute Gasteiger partial charge is 0.350 e. The lowest BCUT2D eigenvalue weighted by Gasteiger charge is -2.00. The molecule has 0 saturated carbocycles. The number of nitrogens with zero attached hydrogens (tertiary/aromatic N) is 1. The summed E-state index contributed by atoms with van der Waals surface area (Å²) in [6, 6.07) is 11.9. The molecule has 0 radical (unpaired) electrons. The van der Waals surface area contributed by atoms with Crippen LogP contribution in [0.2, 0.25) is 0 Å². The quantitative estimate of drug-likeness (QED) is 0.775. The van der Waals surface area contributed by atoms with Crippen LogP contribution >= 0.6 is 0 Å². The third kappa shape index (κ3) is 2.08. The molecule has 0 aliphatic heterocycles. The molecular formula is C10H10N2O. The first-order valence-corrected chi connectivity index (χ1v) is 4.13. The van der Waals surface area contributed by atoms with Crippen molar-refractivity contribution < 1.29 is 4.52 Å². The number of rotatable bonds is 3. The van der Waals surface area contributed by atoms with Crippen LogP contribution in [0.3, 0.4) is 0 Å². The number of nitrogens with one attached hydrogen (secondary N) is 1. The van der Waals surface area contributed by atoms with Gasteiger partial charge in [-0.05, 0) is 5.56 Å². The van der Waals surface area contributed by atoms with Gasteiger partial charge in [-0.15, -0.1) is 0 Å². The highest BCUT2D eigenvalue weighted by Gasteiger charge is 1.94. The molecule has 0 fully saturated rings. The van der Waals surface area contributed by atoms with E-state index in [1.807, 2.05) is 18.2 Å². The van der Waals surface area contributed by atoms with Crippen LogP contribution < -0.4 is 5.32 Å². The number of aromatic nitrogens is 1. The molecular weight excluding hydrogens is 164 g/mol. The van der Waals surface area contributed by atoms with Crippen molar-refractivity contribution in [2.75, 3.05) is 5.32 Å². The molecule has 2 rings (SSSR count). The van der Waals surface area contributed by atoms with Gasteiger partial charge in [0, 0.05) is 12.6 Å². The second kappa shape index (κ2) is 3.76. The summed E-state index contributed by atoms with van der Waals surface area (Å²) in [6.07, 6.45) is 1.62. The SMILES string of the molecule is c1ccc(CNc2ccno2)cc1. The van der Waals surface area contributed by atoms with Gasteiger partial charge in [0.15, 0.2) is 0 Å². The number of hydrogen-bond donors (Lipinski definition) is 1. The molecule has 1 heterocycles. The van der Waals surface area contributed by atoms with Gasteiger partial charge in [-0.2, -0.15) is 0 Å². The standard InChI is InChI=1S/C10H10N2O/c1-2-4-9(5-3-1)8-11-10-6-7-12-13-10/h1-7,11H,8H2. The van der Waals surface area contributed by atoms with Crippen LogP contribution in [0.4, 0.5) is 5.88 Å². The van der Waals surface area contributed by atoms with Gasteiger partial charge in [-0.25, -0.2) is 0 Å². The van der Waals surface area contributed by atoms with Gasteiger partial charge in [0.1, 0.15) is 0 Å². The fourth-order valence-corrected chi connectivity index (χ4v) is 1.09. The zero-order chi connectivity index (χ0) is 8.93. The summed E-state index contributed by atoms with van der Waals surface area (Å²) < 4.78 is 4.89. The van der Waals surface area contributed by atoms with Crippen LogP contribution in [-0.4, -0.2) is 5.16 Å². The Balaban J connectivity index is 1.94.